The normalized spacial score (nSPS) is 10.8. The van der Waals surface area contributed by atoms with Gasteiger partial charge >= 0.3 is 6.03 Å². The average molecular weight is 527 g/mol. The van der Waals surface area contributed by atoms with E-state index < -0.39 is 0 Å². The van der Waals surface area contributed by atoms with E-state index in [2.05, 4.69) is 48.6 Å². The summed E-state index contributed by atoms with van der Waals surface area (Å²) < 4.78 is 5.99. The monoisotopic (exact) mass is 526 g/mol. The minimum absolute atomic E-state index is 0.161. The van der Waals surface area contributed by atoms with Crippen LogP contribution < -0.4 is 10.1 Å². The highest BCUT2D eigenvalue weighted by Gasteiger charge is 2.27. The Balaban J connectivity index is 1.42. The van der Waals surface area contributed by atoms with Crippen LogP contribution in [0.15, 0.2) is 140 Å². The fourth-order valence-electron chi connectivity index (χ4n) is 4.75. The topological polar surface area (TPSA) is 41.6 Å². The Hall–Kier alpha value is -4.83. The van der Waals surface area contributed by atoms with Crippen LogP contribution >= 0.6 is 0 Å². The maximum atomic E-state index is 14.0. The van der Waals surface area contributed by atoms with Gasteiger partial charge in [0.05, 0.1) is 6.04 Å². The Morgan fingerprint density at radius 1 is 0.650 bits per heavy atom. The van der Waals surface area contributed by atoms with E-state index in [4.69, 9.17) is 4.74 Å². The average Bonchev–Trinajstić information content (AvgIpc) is 3.02. The van der Waals surface area contributed by atoms with Crippen molar-refractivity contribution in [1.82, 2.24) is 4.90 Å². The van der Waals surface area contributed by atoms with Crippen LogP contribution in [0.1, 0.15) is 40.8 Å². The maximum absolute atomic E-state index is 14.0. The molecule has 4 nitrogen and oxygen atoms in total. The van der Waals surface area contributed by atoms with E-state index in [0.717, 1.165) is 40.1 Å². The number of carbonyl (C=O) groups is 1. The van der Waals surface area contributed by atoms with Gasteiger partial charge in [0, 0.05) is 12.2 Å². The van der Waals surface area contributed by atoms with Gasteiger partial charge in [0.2, 0.25) is 0 Å². The first-order valence-electron chi connectivity index (χ1n) is 13.7. The number of nitrogens with one attached hydrogen (secondary N) is 1. The SMILES string of the molecule is CCc1ccc(NC(=O)N(Cc2ccc(OCc3ccccc3)cc2)C(c2ccccc2)c2ccccc2)cc1. The molecule has 0 fully saturated rings. The van der Waals surface area contributed by atoms with E-state index in [0.29, 0.717) is 13.2 Å². The third-order valence-corrected chi connectivity index (χ3v) is 6.94. The van der Waals surface area contributed by atoms with Gasteiger partial charge in [-0.15, -0.1) is 0 Å². The summed E-state index contributed by atoms with van der Waals surface area (Å²) >= 11 is 0. The molecule has 0 unspecified atom stereocenters. The van der Waals surface area contributed by atoms with E-state index in [1.54, 1.807) is 0 Å². The van der Waals surface area contributed by atoms with E-state index in [9.17, 15) is 4.79 Å². The number of urea groups is 1. The number of benzene rings is 5. The minimum Gasteiger partial charge on any atom is -0.489 e. The van der Waals surface area contributed by atoms with Crippen molar-refractivity contribution in [1.29, 1.82) is 0 Å². The fourth-order valence-corrected chi connectivity index (χ4v) is 4.75. The third-order valence-electron chi connectivity index (χ3n) is 6.94. The summed E-state index contributed by atoms with van der Waals surface area (Å²) in [4.78, 5) is 15.9. The van der Waals surface area contributed by atoms with Crippen molar-refractivity contribution in [2.45, 2.75) is 32.5 Å². The van der Waals surface area contributed by atoms with Gasteiger partial charge in [-0.25, -0.2) is 4.79 Å². The summed E-state index contributed by atoms with van der Waals surface area (Å²) in [5, 5.41) is 3.15. The minimum atomic E-state index is -0.272. The lowest BCUT2D eigenvalue weighted by atomic mass is 9.96. The molecule has 0 radical (unpaired) electrons. The summed E-state index contributed by atoms with van der Waals surface area (Å²) in [7, 11) is 0. The van der Waals surface area contributed by atoms with Crippen molar-refractivity contribution in [2.75, 3.05) is 5.32 Å². The van der Waals surface area contributed by atoms with Gasteiger partial charge < -0.3 is 15.0 Å². The molecular formula is C36H34N2O2. The van der Waals surface area contributed by atoms with Gasteiger partial charge in [-0.3, -0.25) is 0 Å². The largest absolute Gasteiger partial charge is 0.489 e. The number of hydrogen-bond donors (Lipinski definition) is 1. The molecule has 0 aromatic heterocycles. The van der Waals surface area contributed by atoms with Crippen molar-refractivity contribution in [3.63, 3.8) is 0 Å². The molecule has 0 atom stereocenters. The molecule has 0 saturated carbocycles. The van der Waals surface area contributed by atoms with Gasteiger partial charge in [-0.1, -0.05) is 122 Å². The van der Waals surface area contributed by atoms with Gasteiger partial charge in [-0.2, -0.15) is 0 Å². The van der Waals surface area contributed by atoms with Gasteiger partial charge in [0.25, 0.3) is 0 Å². The predicted octanol–water partition coefficient (Wildman–Crippen LogP) is 8.65. The second-order valence-electron chi connectivity index (χ2n) is 9.75. The molecule has 0 aliphatic rings. The molecular weight excluding hydrogens is 492 g/mol. The van der Waals surface area contributed by atoms with Gasteiger partial charge in [-0.05, 0) is 58.5 Å². The molecule has 40 heavy (non-hydrogen) atoms. The number of hydrogen-bond acceptors (Lipinski definition) is 2. The van der Waals surface area contributed by atoms with Crippen LogP contribution in [0.25, 0.3) is 0 Å². The molecule has 0 aliphatic carbocycles. The zero-order valence-electron chi connectivity index (χ0n) is 22.7. The van der Waals surface area contributed by atoms with Crippen molar-refractivity contribution in [2.24, 2.45) is 0 Å². The lowest BCUT2D eigenvalue weighted by molar-refractivity contribution is 0.194. The Morgan fingerprint density at radius 2 is 1.18 bits per heavy atom. The van der Waals surface area contributed by atoms with Crippen LogP contribution in [0.5, 0.6) is 5.75 Å². The highest BCUT2D eigenvalue weighted by molar-refractivity contribution is 5.90. The molecule has 0 saturated heterocycles. The van der Waals surface area contributed by atoms with Crippen LogP contribution in [0.2, 0.25) is 0 Å². The molecule has 5 rings (SSSR count). The second kappa shape index (κ2) is 13.3. The van der Waals surface area contributed by atoms with Gasteiger partial charge in [0.15, 0.2) is 0 Å². The Bertz CT molecular complexity index is 1430. The molecule has 0 spiro atoms. The highest BCUT2D eigenvalue weighted by atomic mass is 16.5. The van der Waals surface area contributed by atoms with Crippen molar-refractivity contribution in [3.8, 4) is 5.75 Å². The second-order valence-corrected chi connectivity index (χ2v) is 9.75. The number of ether oxygens (including phenoxy) is 1. The summed E-state index contributed by atoms with van der Waals surface area (Å²) in [6.07, 6.45) is 0.954. The van der Waals surface area contributed by atoms with E-state index in [-0.39, 0.29) is 12.1 Å². The number of nitrogens with zero attached hydrogens (tertiary/aromatic N) is 1. The first-order valence-corrected chi connectivity index (χ1v) is 13.7. The molecule has 5 aromatic carbocycles. The highest BCUT2D eigenvalue weighted by Crippen LogP contribution is 2.31. The zero-order valence-corrected chi connectivity index (χ0v) is 22.7. The van der Waals surface area contributed by atoms with E-state index >= 15 is 0 Å². The molecule has 2 amide bonds. The summed E-state index contributed by atoms with van der Waals surface area (Å²) in [5.74, 6) is 0.794. The van der Waals surface area contributed by atoms with Gasteiger partial charge in [0.1, 0.15) is 12.4 Å². The lowest BCUT2D eigenvalue weighted by Gasteiger charge is -2.33. The molecule has 5 aromatic rings. The lowest BCUT2D eigenvalue weighted by Crippen LogP contribution is -2.38. The molecule has 0 aliphatic heterocycles. The molecule has 1 N–H and O–H groups in total. The Labute approximate surface area is 236 Å². The number of rotatable bonds is 10. The number of amides is 2. The smallest absolute Gasteiger partial charge is 0.322 e. The van der Waals surface area contributed by atoms with E-state index in [1.165, 1.54) is 5.56 Å². The molecule has 0 bridgehead atoms. The maximum Gasteiger partial charge on any atom is 0.322 e. The number of carbonyl (C=O) groups excluding carboxylic acids is 1. The predicted molar refractivity (Wildman–Crippen MR) is 162 cm³/mol. The van der Waals surface area contributed by atoms with E-state index in [1.807, 2.05) is 108 Å². The Morgan fingerprint density at radius 3 is 1.73 bits per heavy atom. The van der Waals surface area contributed by atoms with Crippen LogP contribution in [0.3, 0.4) is 0 Å². The first-order chi connectivity index (χ1) is 19.7. The molecule has 200 valence electrons. The number of aryl methyl sites for hydroxylation is 1. The fraction of sp³-hybridized carbons (Fsp3) is 0.139. The quantitative estimate of drug-likeness (QED) is 0.198. The molecule has 4 heteroatoms. The van der Waals surface area contributed by atoms with Crippen molar-refractivity contribution < 1.29 is 9.53 Å². The Kier molecular flexibility index (Phi) is 8.90. The van der Waals surface area contributed by atoms with Crippen LogP contribution in [-0.2, 0) is 19.6 Å². The standard InChI is InChI=1S/C36H34N2O2/c1-2-28-18-22-33(23-19-28)37-36(39)38(35(31-14-8-4-9-15-31)32-16-10-5-11-17-32)26-29-20-24-34(25-21-29)40-27-30-12-6-3-7-13-30/h3-25,35H,2,26-27H2,1H3,(H,37,39). The zero-order chi connectivity index (χ0) is 27.6. The van der Waals surface area contributed by atoms with Crippen molar-refractivity contribution >= 4 is 11.7 Å². The van der Waals surface area contributed by atoms with Crippen molar-refractivity contribution in [3.05, 3.63) is 167 Å². The van der Waals surface area contributed by atoms with Crippen LogP contribution in [0, 0.1) is 0 Å². The van der Waals surface area contributed by atoms with Crippen LogP contribution in [-0.4, -0.2) is 10.9 Å². The third kappa shape index (κ3) is 6.97. The number of anilines is 1. The molecule has 0 heterocycles. The summed E-state index contributed by atoms with van der Waals surface area (Å²) in [5.41, 5.74) is 6.24. The van der Waals surface area contributed by atoms with Crippen LogP contribution in [0.4, 0.5) is 10.5 Å². The summed E-state index contributed by atoms with van der Waals surface area (Å²) in [6, 6.07) is 46.1. The first kappa shape index (κ1) is 26.8. The summed E-state index contributed by atoms with van der Waals surface area (Å²) in [6.45, 7) is 3.06.